The molecule has 0 spiro atoms. The predicted octanol–water partition coefficient (Wildman–Crippen LogP) is 3.50. The number of esters is 1. The fraction of sp³-hybridized carbons (Fsp3) is 0.0714. The van der Waals surface area contributed by atoms with Gasteiger partial charge in [-0.3, -0.25) is 0 Å². The van der Waals surface area contributed by atoms with Gasteiger partial charge in [0.2, 0.25) is 0 Å². The molecule has 2 aromatic rings. The van der Waals surface area contributed by atoms with Crippen LogP contribution in [-0.4, -0.2) is 18.2 Å². The van der Waals surface area contributed by atoms with Crippen molar-refractivity contribution in [1.29, 1.82) is 0 Å². The monoisotopic (exact) mass is 262 g/mol. The van der Waals surface area contributed by atoms with Crippen molar-refractivity contribution in [2.45, 2.75) is 0 Å². The van der Waals surface area contributed by atoms with E-state index in [0.717, 1.165) is 5.56 Å². The van der Waals surface area contributed by atoms with Gasteiger partial charge in [0.25, 0.3) is 0 Å². The molecule has 0 aliphatic heterocycles. The molecule has 0 saturated carbocycles. The highest BCUT2D eigenvalue weighted by Gasteiger charge is 2.17. The molecule has 0 unspecified atom stereocenters. The fourth-order valence-corrected chi connectivity index (χ4v) is 1.85. The Hall–Kier alpha value is -2.00. The standard InChI is InChI=1S/C14H11ClO3/c1-18-14(17)13-11(3-2-4-12(13)16)9-5-7-10(15)8-6-9/h2-8,16H,1H3. The first kappa shape index (κ1) is 12.5. The third-order valence-corrected chi connectivity index (χ3v) is 2.84. The van der Waals surface area contributed by atoms with Gasteiger partial charge in [0, 0.05) is 5.02 Å². The first-order chi connectivity index (χ1) is 8.63. The number of carbonyl (C=O) groups is 1. The van der Waals surface area contributed by atoms with Crippen molar-refractivity contribution in [1.82, 2.24) is 0 Å². The summed E-state index contributed by atoms with van der Waals surface area (Å²) in [6.45, 7) is 0. The van der Waals surface area contributed by atoms with Gasteiger partial charge in [-0.15, -0.1) is 0 Å². The SMILES string of the molecule is COC(=O)c1c(O)cccc1-c1ccc(Cl)cc1. The van der Waals surface area contributed by atoms with E-state index in [-0.39, 0.29) is 11.3 Å². The van der Waals surface area contributed by atoms with Crippen LogP contribution in [0.3, 0.4) is 0 Å². The van der Waals surface area contributed by atoms with Gasteiger partial charge < -0.3 is 9.84 Å². The van der Waals surface area contributed by atoms with Crippen LogP contribution in [0, 0.1) is 0 Å². The van der Waals surface area contributed by atoms with Gasteiger partial charge in [-0.05, 0) is 29.3 Å². The van der Waals surface area contributed by atoms with E-state index in [0.29, 0.717) is 10.6 Å². The number of rotatable bonds is 2. The maximum Gasteiger partial charge on any atom is 0.342 e. The van der Waals surface area contributed by atoms with Crippen LogP contribution in [0.5, 0.6) is 5.75 Å². The minimum atomic E-state index is -0.571. The van der Waals surface area contributed by atoms with Crippen molar-refractivity contribution in [3.05, 3.63) is 53.1 Å². The number of aromatic hydroxyl groups is 1. The number of phenols is 1. The molecule has 0 aliphatic carbocycles. The van der Waals surface area contributed by atoms with E-state index in [1.807, 2.05) is 0 Å². The topological polar surface area (TPSA) is 46.5 Å². The predicted molar refractivity (Wildman–Crippen MR) is 69.9 cm³/mol. The van der Waals surface area contributed by atoms with Crippen LogP contribution >= 0.6 is 11.6 Å². The Kier molecular flexibility index (Phi) is 3.53. The van der Waals surface area contributed by atoms with Crippen LogP contribution < -0.4 is 0 Å². The van der Waals surface area contributed by atoms with Crippen LogP contribution in [0.4, 0.5) is 0 Å². The van der Waals surface area contributed by atoms with Crippen LogP contribution in [0.1, 0.15) is 10.4 Å². The summed E-state index contributed by atoms with van der Waals surface area (Å²) in [6, 6.07) is 11.9. The summed E-state index contributed by atoms with van der Waals surface area (Å²) in [7, 11) is 1.28. The molecule has 0 fully saturated rings. The smallest absolute Gasteiger partial charge is 0.342 e. The van der Waals surface area contributed by atoms with Crippen molar-refractivity contribution in [3.63, 3.8) is 0 Å². The molecule has 92 valence electrons. The van der Waals surface area contributed by atoms with Crippen molar-refractivity contribution >= 4 is 17.6 Å². The minimum Gasteiger partial charge on any atom is -0.507 e. The average molecular weight is 263 g/mol. The van der Waals surface area contributed by atoms with Gasteiger partial charge >= 0.3 is 5.97 Å². The summed E-state index contributed by atoms with van der Waals surface area (Å²) >= 11 is 5.82. The Morgan fingerprint density at radius 2 is 1.83 bits per heavy atom. The Balaban J connectivity index is 2.60. The van der Waals surface area contributed by atoms with Gasteiger partial charge in [0.05, 0.1) is 7.11 Å². The lowest BCUT2D eigenvalue weighted by atomic mass is 9.99. The van der Waals surface area contributed by atoms with E-state index in [2.05, 4.69) is 4.74 Å². The highest BCUT2D eigenvalue weighted by atomic mass is 35.5. The Labute approximate surface area is 110 Å². The maximum atomic E-state index is 11.7. The first-order valence-electron chi connectivity index (χ1n) is 5.29. The third-order valence-electron chi connectivity index (χ3n) is 2.59. The molecule has 0 bridgehead atoms. The number of hydrogen-bond donors (Lipinski definition) is 1. The van der Waals surface area contributed by atoms with Crippen molar-refractivity contribution in [3.8, 4) is 16.9 Å². The zero-order chi connectivity index (χ0) is 13.1. The van der Waals surface area contributed by atoms with E-state index in [1.54, 1.807) is 36.4 Å². The van der Waals surface area contributed by atoms with E-state index in [4.69, 9.17) is 11.6 Å². The molecular weight excluding hydrogens is 252 g/mol. The number of hydrogen-bond acceptors (Lipinski definition) is 3. The highest BCUT2D eigenvalue weighted by Crippen LogP contribution is 2.31. The second-order valence-corrected chi connectivity index (χ2v) is 4.13. The van der Waals surface area contributed by atoms with Crippen LogP contribution in [0.15, 0.2) is 42.5 Å². The lowest BCUT2D eigenvalue weighted by Gasteiger charge is -2.09. The summed E-state index contributed by atoms with van der Waals surface area (Å²) in [5, 5.41) is 10.4. The number of halogens is 1. The minimum absolute atomic E-state index is 0.102. The fourth-order valence-electron chi connectivity index (χ4n) is 1.73. The second-order valence-electron chi connectivity index (χ2n) is 3.70. The molecule has 3 nitrogen and oxygen atoms in total. The lowest BCUT2D eigenvalue weighted by molar-refractivity contribution is 0.0598. The van der Waals surface area contributed by atoms with Gasteiger partial charge in [0.1, 0.15) is 11.3 Å². The lowest BCUT2D eigenvalue weighted by Crippen LogP contribution is -2.04. The quantitative estimate of drug-likeness (QED) is 0.843. The Bertz CT molecular complexity index is 576. The summed E-state index contributed by atoms with van der Waals surface area (Å²) in [6.07, 6.45) is 0. The zero-order valence-corrected chi connectivity index (χ0v) is 10.4. The summed E-state index contributed by atoms with van der Waals surface area (Å²) in [5.74, 6) is -0.674. The molecule has 0 aromatic heterocycles. The molecule has 0 aliphatic rings. The molecule has 4 heteroatoms. The van der Waals surface area contributed by atoms with Crippen LogP contribution in [0.2, 0.25) is 5.02 Å². The Morgan fingerprint density at radius 1 is 1.17 bits per heavy atom. The molecule has 0 atom stereocenters. The number of ether oxygens (including phenoxy) is 1. The van der Waals surface area contributed by atoms with Gasteiger partial charge in [-0.25, -0.2) is 4.79 Å². The zero-order valence-electron chi connectivity index (χ0n) is 9.68. The summed E-state index contributed by atoms with van der Waals surface area (Å²) < 4.78 is 4.68. The molecule has 2 rings (SSSR count). The molecule has 18 heavy (non-hydrogen) atoms. The van der Waals surface area contributed by atoms with Gasteiger partial charge in [-0.2, -0.15) is 0 Å². The summed E-state index contributed by atoms with van der Waals surface area (Å²) in [4.78, 5) is 11.7. The number of benzene rings is 2. The van der Waals surface area contributed by atoms with Crippen molar-refractivity contribution < 1.29 is 14.6 Å². The largest absolute Gasteiger partial charge is 0.507 e. The molecule has 0 heterocycles. The number of methoxy groups -OCH3 is 1. The second kappa shape index (κ2) is 5.10. The first-order valence-corrected chi connectivity index (χ1v) is 5.67. The molecule has 1 N–H and O–H groups in total. The van der Waals surface area contributed by atoms with Gasteiger partial charge in [-0.1, -0.05) is 35.9 Å². The molecular formula is C14H11ClO3. The normalized spacial score (nSPS) is 10.1. The van der Waals surface area contributed by atoms with Gasteiger partial charge in [0.15, 0.2) is 0 Å². The van der Waals surface area contributed by atoms with E-state index in [9.17, 15) is 9.90 Å². The molecule has 0 radical (unpaired) electrons. The maximum absolute atomic E-state index is 11.7. The van der Waals surface area contributed by atoms with Crippen LogP contribution in [-0.2, 0) is 4.74 Å². The number of carbonyl (C=O) groups excluding carboxylic acids is 1. The van der Waals surface area contributed by atoms with Crippen molar-refractivity contribution in [2.75, 3.05) is 7.11 Å². The number of phenolic OH excluding ortho intramolecular Hbond substituents is 1. The van der Waals surface area contributed by atoms with E-state index in [1.165, 1.54) is 13.2 Å². The third kappa shape index (κ3) is 2.31. The Morgan fingerprint density at radius 3 is 2.44 bits per heavy atom. The van der Waals surface area contributed by atoms with E-state index >= 15 is 0 Å². The molecule has 2 aromatic carbocycles. The van der Waals surface area contributed by atoms with Crippen molar-refractivity contribution in [2.24, 2.45) is 0 Å². The highest BCUT2D eigenvalue weighted by molar-refractivity contribution is 6.30. The molecule has 0 saturated heterocycles. The van der Waals surface area contributed by atoms with Crippen LogP contribution in [0.25, 0.3) is 11.1 Å². The summed E-state index contributed by atoms with van der Waals surface area (Å²) in [5.41, 5.74) is 1.55. The van der Waals surface area contributed by atoms with E-state index < -0.39 is 5.97 Å². The average Bonchev–Trinajstić information content (AvgIpc) is 2.38. The molecule has 0 amide bonds.